The number of hydrogen-bond donors (Lipinski definition) is 1. The molecule has 10 heteroatoms. The minimum absolute atomic E-state index is 0.0272. The summed E-state index contributed by atoms with van der Waals surface area (Å²) >= 11 is 1.31. The highest BCUT2D eigenvalue weighted by Gasteiger charge is 2.19. The standard InChI is InChI=1S/C21H18N6O3S/c1-13-3-5-14(6-4-13)11-18-23-24-21(31-18)22-20(28)17-12-26(2)25-19(17)15-7-9-16(10-8-15)27(29)30/h3-10,12H,11H2,1-2H3,(H,22,24,28). The van der Waals surface area contributed by atoms with E-state index in [0.717, 1.165) is 10.6 Å². The third kappa shape index (κ3) is 4.64. The van der Waals surface area contributed by atoms with Crippen molar-refractivity contribution in [3.05, 3.63) is 86.5 Å². The highest BCUT2D eigenvalue weighted by atomic mass is 32.1. The van der Waals surface area contributed by atoms with Gasteiger partial charge in [-0.3, -0.25) is 24.9 Å². The smallest absolute Gasteiger partial charge is 0.269 e. The number of aryl methyl sites for hydroxylation is 2. The molecule has 4 rings (SSSR count). The third-order valence-corrected chi connectivity index (χ3v) is 5.43. The first-order valence-corrected chi connectivity index (χ1v) is 10.2. The molecule has 0 atom stereocenters. The van der Waals surface area contributed by atoms with Crippen molar-refractivity contribution in [1.29, 1.82) is 0 Å². The lowest BCUT2D eigenvalue weighted by Crippen LogP contribution is -2.12. The Hall–Kier alpha value is -3.92. The van der Waals surface area contributed by atoms with E-state index in [1.807, 2.05) is 31.2 Å². The number of nitro benzene ring substituents is 1. The van der Waals surface area contributed by atoms with E-state index in [0.29, 0.717) is 28.4 Å². The first-order valence-electron chi connectivity index (χ1n) is 9.37. The summed E-state index contributed by atoms with van der Waals surface area (Å²) in [6, 6.07) is 14.1. The minimum Gasteiger partial charge on any atom is -0.296 e. The summed E-state index contributed by atoms with van der Waals surface area (Å²) in [5.74, 6) is -0.375. The predicted molar refractivity (Wildman–Crippen MR) is 117 cm³/mol. The Morgan fingerprint density at radius 1 is 1.13 bits per heavy atom. The zero-order valence-corrected chi connectivity index (χ0v) is 17.6. The summed E-state index contributed by atoms with van der Waals surface area (Å²) in [6.07, 6.45) is 2.23. The Morgan fingerprint density at radius 2 is 1.84 bits per heavy atom. The van der Waals surface area contributed by atoms with Crippen LogP contribution in [0.4, 0.5) is 10.8 Å². The fourth-order valence-electron chi connectivity index (χ4n) is 3.03. The monoisotopic (exact) mass is 434 g/mol. The molecule has 1 N–H and O–H groups in total. The molecule has 9 nitrogen and oxygen atoms in total. The Labute approximate surface area is 181 Å². The van der Waals surface area contributed by atoms with Crippen LogP contribution in [0.1, 0.15) is 26.5 Å². The number of amides is 1. The van der Waals surface area contributed by atoms with Gasteiger partial charge in [0.2, 0.25) is 5.13 Å². The molecule has 1 amide bonds. The number of benzene rings is 2. The normalized spacial score (nSPS) is 10.8. The fourth-order valence-corrected chi connectivity index (χ4v) is 3.80. The maximum Gasteiger partial charge on any atom is 0.269 e. The van der Waals surface area contributed by atoms with Gasteiger partial charge in [-0.1, -0.05) is 41.2 Å². The van der Waals surface area contributed by atoms with Crippen LogP contribution < -0.4 is 5.32 Å². The molecule has 0 bridgehead atoms. The number of aromatic nitrogens is 4. The molecule has 4 aromatic rings. The van der Waals surface area contributed by atoms with Gasteiger partial charge < -0.3 is 0 Å². The maximum atomic E-state index is 12.9. The lowest BCUT2D eigenvalue weighted by molar-refractivity contribution is -0.384. The van der Waals surface area contributed by atoms with E-state index in [1.165, 1.54) is 33.7 Å². The molecule has 0 aliphatic carbocycles. The van der Waals surface area contributed by atoms with Crippen molar-refractivity contribution in [2.45, 2.75) is 13.3 Å². The van der Waals surface area contributed by atoms with Crippen LogP contribution in [0.5, 0.6) is 0 Å². The summed E-state index contributed by atoms with van der Waals surface area (Å²) in [5.41, 5.74) is 3.65. The molecule has 0 spiro atoms. The van der Waals surface area contributed by atoms with Crippen molar-refractivity contribution < 1.29 is 9.72 Å². The first kappa shape index (κ1) is 20.4. The van der Waals surface area contributed by atoms with Crippen LogP contribution in [0, 0.1) is 17.0 Å². The van der Waals surface area contributed by atoms with Crippen molar-refractivity contribution in [3.63, 3.8) is 0 Å². The highest BCUT2D eigenvalue weighted by molar-refractivity contribution is 7.15. The van der Waals surface area contributed by atoms with Gasteiger partial charge in [0.25, 0.3) is 11.6 Å². The fraction of sp³-hybridized carbons (Fsp3) is 0.143. The molecule has 0 aliphatic heterocycles. The van der Waals surface area contributed by atoms with Crippen molar-refractivity contribution >= 4 is 28.1 Å². The Kier molecular flexibility index (Phi) is 5.54. The molecule has 0 aliphatic rings. The number of nitro groups is 1. The average Bonchev–Trinajstić information content (AvgIpc) is 3.36. The second-order valence-corrected chi connectivity index (χ2v) is 8.05. The summed E-state index contributed by atoms with van der Waals surface area (Å²) in [7, 11) is 1.70. The molecule has 0 fully saturated rings. The number of anilines is 1. The van der Waals surface area contributed by atoms with E-state index in [9.17, 15) is 14.9 Å². The number of nitrogens with zero attached hydrogens (tertiary/aromatic N) is 5. The predicted octanol–water partition coefficient (Wildman–Crippen LogP) is 4.00. The SMILES string of the molecule is Cc1ccc(Cc2nnc(NC(=O)c3cn(C)nc3-c3ccc([N+](=O)[O-])cc3)s2)cc1. The van der Waals surface area contributed by atoms with Gasteiger partial charge in [-0.2, -0.15) is 5.10 Å². The van der Waals surface area contributed by atoms with Gasteiger partial charge in [-0.15, -0.1) is 10.2 Å². The van der Waals surface area contributed by atoms with Crippen LogP contribution in [-0.4, -0.2) is 30.8 Å². The summed E-state index contributed by atoms with van der Waals surface area (Å²) in [4.78, 5) is 23.3. The van der Waals surface area contributed by atoms with Gasteiger partial charge in [0.1, 0.15) is 10.7 Å². The third-order valence-electron chi connectivity index (χ3n) is 4.59. The molecule has 0 saturated carbocycles. The number of carbonyl (C=O) groups is 1. The zero-order chi connectivity index (χ0) is 22.0. The van der Waals surface area contributed by atoms with Crippen molar-refractivity contribution in [2.24, 2.45) is 7.05 Å². The lowest BCUT2D eigenvalue weighted by Gasteiger charge is -2.02. The zero-order valence-electron chi connectivity index (χ0n) is 16.8. The van der Waals surface area contributed by atoms with Gasteiger partial charge >= 0.3 is 0 Å². The van der Waals surface area contributed by atoms with Gasteiger partial charge in [-0.05, 0) is 24.6 Å². The Balaban J connectivity index is 1.51. The van der Waals surface area contributed by atoms with E-state index in [-0.39, 0.29) is 11.6 Å². The Morgan fingerprint density at radius 3 is 2.52 bits per heavy atom. The molecule has 0 saturated heterocycles. The van der Waals surface area contributed by atoms with E-state index >= 15 is 0 Å². The first-order chi connectivity index (χ1) is 14.9. The number of non-ortho nitro benzene ring substituents is 1. The molecule has 2 heterocycles. The molecule has 31 heavy (non-hydrogen) atoms. The molecule has 156 valence electrons. The van der Waals surface area contributed by atoms with Crippen LogP contribution in [0.2, 0.25) is 0 Å². The lowest BCUT2D eigenvalue weighted by atomic mass is 10.1. The number of carbonyl (C=O) groups excluding carboxylic acids is 1. The number of rotatable bonds is 6. The van der Waals surface area contributed by atoms with Crippen LogP contribution in [0.15, 0.2) is 54.7 Å². The largest absolute Gasteiger partial charge is 0.296 e. The summed E-state index contributed by atoms with van der Waals surface area (Å²) < 4.78 is 1.52. The van der Waals surface area contributed by atoms with Gasteiger partial charge in [-0.25, -0.2) is 0 Å². The van der Waals surface area contributed by atoms with E-state index < -0.39 is 4.92 Å². The van der Waals surface area contributed by atoms with Gasteiger partial charge in [0, 0.05) is 37.4 Å². The summed E-state index contributed by atoms with van der Waals surface area (Å²) in [6.45, 7) is 2.03. The van der Waals surface area contributed by atoms with Crippen LogP contribution in [0.3, 0.4) is 0 Å². The number of nitrogens with one attached hydrogen (secondary N) is 1. The molecule has 2 aromatic carbocycles. The second kappa shape index (κ2) is 8.44. The highest BCUT2D eigenvalue weighted by Crippen LogP contribution is 2.26. The molecular formula is C21H18N6O3S. The van der Waals surface area contributed by atoms with Crippen molar-refractivity contribution in [3.8, 4) is 11.3 Å². The van der Waals surface area contributed by atoms with Crippen LogP contribution >= 0.6 is 11.3 Å². The van der Waals surface area contributed by atoms with E-state index in [1.54, 1.807) is 25.4 Å². The number of hydrogen-bond acceptors (Lipinski definition) is 7. The molecule has 2 aromatic heterocycles. The Bertz CT molecular complexity index is 1250. The second-order valence-electron chi connectivity index (χ2n) is 6.99. The average molecular weight is 434 g/mol. The van der Waals surface area contributed by atoms with E-state index in [2.05, 4.69) is 20.6 Å². The minimum atomic E-state index is -0.473. The van der Waals surface area contributed by atoms with Gasteiger partial charge in [0.15, 0.2) is 0 Å². The van der Waals surface area contributed by atoms with E-state index in [4.69, 9.17) is 0 Å². The molecule has 0 radical (unpaired) electrons. The molecule has 0 unspecified atom stereocenters. The van der Waals surface area contributed by atoms with Crippen molar-refractivity contribution in [1.82, 2.24) is 20.0 Å². The van der Waals surface area contributed by atoms with Gasteiger partial charge in [0.05, 0.1) is 10.5 Å². The van der Waals surface area contributed by atoms with Crippen molar-refractivity contribution in [2.75, 3.05) is 5.32 Å². The summed E-state index contributed by atoms with van der Waals surface area (Å²) in [5, 5.41) is 27.4. The molecular weight excluding hydrogens is 416 g/mol. The topological polar surface area (TPSA) is 116 Å². The maximum absolute atomic E-state index is 12.9. The van der Waals surface area contributed by atoms with Crippen LogP contribution in [-0.2, 0) is 13.5 Å². The van der Waals surface area contributed by atoms with Crippen LogP contribution in [0.25, 0.3) is 11.3 Å². The quantitative estimate of drug-likeness (QED) is 0.362.